The highest BCUT2D eigenvalue weighted by atomic mass is 32.2. The standard InChI is InChI=1S/C13H20N2O2S/c1-11-6-3-4-8-13(11)18(16,17)15(2)12-7-5-9-14-10-12/h3-4,6,8,12,14H,5,7,9-10H2,1-2H3. The average Bonchev–Trinajstić information content (AvgIpc) is 2.39. The van der Waals surface area contributed by atoms with Gasteiger partial charge < -0.3 is 5.32 Å². The highest BCUT2D eigenvalue weighted by Crippen LogP contribution is 2.22. The summed E-state index contributed by atoms with van der Waals surface area (Å²) in [6.45, 7) is 3.55. The molecule has 1 atom stereocenters. The first-order valence-corrected chi connectivity index (χ1v) is 7.72. The first-order valence-electron chi connectivity index (χ1n) is 6.28. The van der Waals surface area contributed by atoms with E-state index < -0.39 is 10.0 Å². The van der Waals surface area contributed by atoms with Crippen molar-refractivity contribution in [1.29, 1.82) is 0 Å². The normalized spacial score (nSPS) is 21.2. The number of likely N-dealkylation sites (N-methyl/N-ethyl adjacent to an activating group) is 1. The second-order valence-corrected chi connectivity index (χ2v) is 6.75. The molecule has 0 saturated carbocycles. The van der Waals surface area contributed by atoms with Crippen LogP contribution < -0.4 is 5.32 Å². The van der Waals surface area contributed by atoms with Gasteiger partial charge in [-0.2, -0.15) is 4.31 Å². The molecule has 2 rings (SSSR count). The number of hydrogen-bond acceptors (Lipinski definition) is 3. The molecule has 1 saturated heterocycles. The first-order chi connectivity index (χ1) is 8.53. The molecular formula is C13H20N2O2S. The number of hydrogen-bond donors (Lipinski definition) is 1. The van der Waals surface area contributed by atoms with Gasteiger partial charge in [-0.3, -0.25) is 0 Å². The van der Waals surface area contributed by atoms with Crippen molar-refractivity contribution in [2.24, 2.45) is 0 Å². The lowest BCUT2D eigenvalue weighted by Crippen LogP contribution is -2.46. The Labute approximate surface area is 109 Å². The van der Waals surface area contributed by atoms with Crippen LogP contribution in [0.5, 0.6) is 0 Å². The van der Waals surface area contributed by atoms with Gasteiger partial charge in [0, 0.05) is 19.6 Å². The maximum Gasteiger partial charge on any atom is 0.243 e. The molecular weight excluding hydrogens is 248 g/mol. The molecule has 0 spiro atoms. The van der Waals surface area contributed by atoms with Crippen LogP contribution in [0.3, 0.4) is 0 Å². The van der Waals surface area contributed by atoms with Gasteiger partial charge in [-0.15, -0.1) is 0 Å². The molecule has 1 aromatic carbocycles. The predicted molar refractivity (Wildman–Crippen MR) is 72.0 cm³/mol. The highest BCUT2D eigenvalue weighted by molar-refractivity contribution is 7.89. The van der Waals surface area contributed by atoms with Crippen molar-refractivity contribution < 1.29 is 8.42 Å². The van der Waals surface area contributed by atoms with Crippen LogP contribution in [0.15, 0.2) is 29.2 Å². The molecule has 5 heteroatoms. The molecule has 0 amide bonds. The Bertz CT molecular complexity index is 507. The van der Waals surface area contributed by atoms with Crippen molar-refractivity contribution in [3.8, 4) is 0 Å². The van der Waals surface area contributed by atoms with Crippen molar-refractivity contribution in [3.63, 3.8) is 0 Å². The maximum atomic E-state index is 12.6. The summed E-state index contributed by atoms with van der Waals surface area (Å²) in [5.74, 6) is 0. The van der Waals surface area contributed by atoms with Crippen molar-refractivity contribution in [3.05, 3.63) is 29.8 Å². The van der Waals surface area contributed by atoms with E-state index in [4.69, 9.17) is 0 Å². The van der Waals surface area contributed by atoms with Gasteiger partial charge in [0.2, 0.25) is 10.0 Å². The summed E-state index contributed by atoms with van der Waals surface area (Å²) in [6, 6.07) is 7.20. The number of piperidine rings is 1. The molecule has 1 aliphatic heterocycles. The van der Waals surface area contributed by atoms with E-state index in [0.717, 1.165) is 31.5 Å². The van der Waals surface area contributed by atoms with Gasteiger partial charge >= 0.3 is 0 Å². The van der Waals surface area contributed by atoms with E-state index in [0.29, 0.717) is 4.90 Å². The second kappa shape index (κ2) is 5.38. The molecule has 0 aliphatic carbocycles. The molecule has 0 aromatic heterocycles. The van der Waals surface area contributed by atoms with Crippen LogP contribution in [0, 0.1) is 6.92 Å². The summed E-state index contributed by atoms with van der Waals surface area (Å²) in [5.41, 5.74) is 0.799. The van der Waals surface area contributed by atoms with E-state index in [2.05, 4.69) is 5.32 Å². The van der Waals surface area contributed by atoms with Crippen molar-refractivity contribution in [1.82, 2.24) is 9.62 Å². The number of benzene rings is 1. The van der Waals surface area contributed by atoms with E-state index in [1.165, 1.54) is 4.31 Å². The lowest BCUT2D eigenvalue weighted by molar-refractivity contribution is 0.300. The molecule has 1 fully saturated rings. The number of nitrogens with one attached hydrogen (secondary N) is 1. The fourth-order valence-electron chi connectivity index (χ4n) is 2.34. The highest BCUT2D eigenvalue weighted by Gasteiger charge is 2.29. The van der Waals surface area contributed by atoms with Crippen molar-refractivity contribution in [2.75, 3.05) is 20.1 Å². The Kier molecular flexibility index (Phi) is 4.04. The van der Waals surface area contributed by atoms with E-state index in [1.54, 1.807) is 19.2 Å². The number of rotatable bonds is 3. The molecule has 1 aromatic rings. The monoisotopic (exact) mass is 268 g/mol. The zero-order chi connectivity index (χ0) is 13.2. The van der Waals surface area contributed by atoms with E-state index in [9.17, 15) is 8.42 Å². The van der Waals surface area contributed by atoms with Crippen LogP contribution in [0.2, 0.25) is 0 Å². The number of aryl methyl sites for hydroxylation is 1. The average molecular weight is 268 g/mol. The molecule has 0 bridgehead atoms. The predicted octanol–water partition coefficient (Wildman–Crippen LogP) is 1.37. The van der Waals surface area contributed by atoms with Gasteiger partial charge in [0.1, 0.15) is 0 Å². The van der Waals surface area contributed by atoms with Gasteiger partial charge in [0.15, 0.2) is 0 Å². The Morgan fingerprint density at radius 3 is 2.67 bits per heavy atom. The third-order valence-electron chi connectivity index (χ3n) is 3.54. The van der Waals surface area contributed by atoms with Gasteiger partial charge in [-0.05, 0) is 37.9 Å². The summed E-state index contributed by atoms with van der Waals surface area (Å²) in [4.78, 5) is 0.415. The third-order valence-corrected chi connectivity index (χ3v) is 5.61. The summed E-state index contributed by atoms with van der Waals surface area (Å²) in [6.07, 6.45) is 1.95. The summed E-state index contributed by atoms with van der Waals surface area (Å²) in [7, 11) is -1.70. The van der Waals surface area contributed by atoms with Gasteiger partial charge in [-0.1, -0.05) is 18.2 Å². The molecule has 1 heterocycles. The fourth-order valence-corrected chi connectivity index (χ4v) is 3.95. The molecule has 100 valence electrons. The van der Waals surface area contributed by atoms with Crippen molar-refractivity contribution in [2.45, 2.75) is 30.7 Å². The van der Waals surface area contributed by atoms with E-state index in [-0.39, 0.29) is 6.04 Å². The topological polar surface area (TPSA) is 49.4 Å². The lowest BCUT2D eigenvalue weighted by atomic mass is 10.1. The van der Waals surface area contributed by atoms with Crippen LogP contribution in [-0.4, -0.2) is 38.9 Å². The maximum absolute atomic E-state index is 12.6. The molecule has 4 nitrogen and oxygen atoms in total. The zero-order valence-electron chi connectivity index (χ0n) is 10.9. The van der Waals surface area contributed by atoms with Crippen LogP contribution in [0.1, 0.15) is 18.4 Å². The zero-order valence-corrected chi connectivity index (χ0v) is 11.7. The minimum absolute atomic E-state index is 0.0587. The van der Waals surface area contributed by atoms with Crippen LogP contribution in [-0.2, 0) is 10.0 Å². The summed E-state index contributed by atoms with van der Waals surface area (Å²) < 4.78 is 26.6. The largest absolute Gasteiger partial charge is 0.315 e. The van der Waals surface area contributed by atoms with Crippen LogP contribution in [0.4, 0.5) is 0 Å². The number of nitrogens with zero attached hydrogens (tertiary/aromatic N) is 1. The summed E-state index contributed by atoms with van der Waals surface area (Å²) >= 11 is 0. The SMILES string of the molecule is Cc1ccccc1S(=O)(=O)N(C)C1CCCNC1. The molecule has 0 radical (unpaired) electrons. The number of sulfonamides is 1. The smallest absolute Gasteiger partial charge is 0.243 e. The van der Waals surface area contributed by atoms with Crippen LogP contribution >= 0.6 is 0 Å². The lowest BCUT2D eigenvalue weighted by Gasteiger charge is -2.31. The molecule has 1 aliphatic rings. The van der Waals surface area contributed by atoms with Gasteiger partial charge in [-0.25, -0.2) is 8.42 Å². The van der Waals surface area contributed by atoms with Crippen molar-refractivity contribution >= 4 is 10.0 Å². The fraction of sp³-hybridized carbons (Fsp3) is 0.538. The van der Waals surface area contributed by atoms with E-state index in [1.807, 2.05) is 19.1 Å². The molecule has 18 heavy (non-hydrogen) atoms. The quantitative estimate of drug-likeness (QED) is 0.900. The minimum Gasteiger partial charge on any atom is -0.315 e. The molecule has 1 N–H and O–H groups in total. The van der Waals surface area contributed by atoms with Gasteiger partial charge in [0.05, 0.1) is 4.90 Å². The summed E-state index contributed by atoms with van der Waals surface area (Å²) in [5, 5.41) is 3.25. The third kappa shape index (κ3) is 2.58. The first kappa shape index (κ1) is 13.5. The minimum atomic E-state index is -3.38. The Morgan fingerprint density at radius 2 is 2.06 bits per heavy atom. The molecule has 1 unspecified atom stereocenters. The van der Waals surface area contributed by atoms with E-state index >= 15 is 0 Å². The van der Waals surface area contributed by atoms with Gasteiger partial charge in [0.25, 0.3) is 0 Å². The Balaban J connectivity index is 2.28. The Hall–Kier alpha value is -0.910. The van der Waals surface area contributed by atoms with Crippen LogP contribution in [0.25, 0.3) is 0 Å². The second-order valence-electron chi connectivity index (χ2n) is 4.79. The Morgan fingerprint density at radius 1 is 1.33 bits per heavy atom.